The van der Waals surface area contributed by atoms with Crippen LogP contribution in [0.25, 0.3) is 12.2 Å². The zero-order valence-electron chi connectivity index (χ0n) is 22.2. The lowest BCUT2D eigenvalue weighted by molar-refractivity contribution is 0.104. The first-order chi connectivity index (χ1) is 18.4. The fraction of sp³-hybridized carbons (Fsp3) is 0.200. The van der Waals surface area contributed by atoms with Crippen LogP contribution in [0, 0.1) is 0 Å². The number of methoxy groups -OCH3 is 6. The Morgan fingerprint density at radius 1 is 0.526 bits per heavy atom. The minimum atomic E-state index is -0.262. The van der Waals surface area contributed by atoms with Gasteiger partial charge in [-0.25, -0.2) is 0 Å². The van der Waals surface area contributed by atoms with E-state index in [9.17, 15) is 9.59 Å². The van der Waals surface area contributed by atoms with Crippen molar-refractivity contribution in [3.63, 3.8) is 0 Å². The fourth-order valence-corrected chi connectivity index (χ4v) is 3.76. The Kier molecular flexibility index (Phi) is 9.54. The molecule has 38 heavy (non-hydrogen) atoms. The van der Waals surface area contributed by atoms with Gasteiger partial charge in [0, 0.05) is 11.1 Å². The van der Waals surface area contributed by atoms with Gasteiger partial charge in [0.2, 0.25) is 11.5 Å². The van der Waals surface area contributed by atoms with Crippen molar-refractivity contribution in [1.82, 2.24) is 0 Å². The molecular weight excluding hydrogens is 488 g/mol. The van der Waals surface area contributed by atoms with Crippen LogP contribution in [0.4, 0.5) is 0 Å². The number of hydrogen-bond donors (Lipinski definition) is 0. The molecule has 0 fully saturated rings. The monoisotopic (exact) mass is 518 g/mol. The highest BCUT2D eigenvalue weighted by molar-refractivity contribution is 6.11. The number of carbonyl (C=O) groups excluding carboxylic acids is 2. The van der Waals surface area contributed by atoms with E-state index in [0.29, 0.717) is 56.8 Å². The van der Waals surface area contributed by atoms with Crippen molar-refractivity contribution in [3.05, 3.63) is 82.9 Å². The molecule has 0 saturated carbocycles. The second-order valence-corrected chi connectivity index (χ2v) is 7.89. The maximum atomic E-state index is 12.9. The zero-order valence-corrected chi connectivity index (χ0v) is 22.2. The Labute approximate surface area is 222 Å². The maximum absolute atomic E-state index is 12.9. The summed E-state index contributed by atoms with van der Waals surface area (Å²) in [5.41, 5.74) is 2.13. The molecule has 0 aliphatic rings. The van der Waals surface area contributed by atoms with Gasteiger partial charge in [0.15, 0.2) is 34.6 Å². The Hall–Kier alpha value is -4.72. The van der Waals surface area contributed by atoms with Gasteiger partial charge in [0.1, 0.15) is 0 Å². The second-order valence-electron chi connectivity index (χ2n) is 7.89. The van der Waals surface area contributed by atoms with Crippen molar-refractivity contribution < 1.29 is 38.0 Å². The number of benzene rings is 3. The highest BCUT2D eigenvalue weighted by atomic mass is 16.5. The smallest absolute Gasteiger partial charge is 0.203 e. The molecular formula is C30H30O8. The first-order valence-corrected chi connectivity index (χ1v) is 11.5. The summed E-state index contributed by atoms with van der Waals surface area (Å²) in [6, 6.07) is 13.5. The summed E-state index contributed by atoms with van der Waals surface area (Å²) in [5, 5.41) is 0. The van der Waals surface area contributed by atoms with Gasteiger partial charge in [-0.05, 0) is 53.6 Å². The van der Waals surface area contributed by atoms with E-state index in [1.807, 2.05) is 0 Å². The normalized spacial score (nSPS) is 10.9. The van der Waals surface area contributed by atoms with E-state index in [4.69, 9.17) is 28.4 Å². The van der Waals surface area contributed by atoms with Crippen molar-refractivity contribution in [3.8, 4) is 34.5 Å². The number of allylic oxidation sites excluding steroid dienone is 2. The predicted molar refractivity (Wildman–Crippen MR) is 145 cm³/mol. The van der Waals surface area contributed by atoms with Crippen molar-refractivity contribution in [2.45, 2.75) is 0 Å². The number of ketones is 2. The molecule has 0 aromatic heterocycles. The van der Waals surface area contributed by atoms with E-state index in [1.54, 1.807) is 60.7 Å². The second kappa shape index (κ2) is 13.0. The quantitative estimate of drug-likeness (QED) is 0.228. The van der Waals surface area contributed by atoms with E-state index in [-0.39, 0.29) is 11.6 Å². The summed E-state index contributed by atoms with van der Waals surface area (Å²) < 4.78 is 32.1. The Balaban J connectivity index is 1.81. The molecule has 0 unspecified atom stereocenters. The highest BCUT2D eigenvalue weighted by Crippen LogP contribution is 2.39. The SMILES string of the molecule is COc1cc(/C=C/C(=O)c2cccc(C(=O)/C=C/c3cc(OC)c(OC)c(OC)c3)c2)cc(OC)c1OC. The lowest BCUT2D eigenvalue weighted by Crippen LogP contribution is -2.00. The molecule has 3 aromatic rings. The van der Waals surface area contributed by atoms with Crippen molar-refractivity contribution in [1.29, 1.82) is 0 Å². The molecule has 0 atom stereocenters. The molecule has 0 bridgehead atoms. The Morgan fingerprint density at radius 3 is 1.16 bits per heavy atom. The van der Waals surface area contributed by atoms with Gasteiger partial charge in [0.25, 0.3) is 0 Å². The van der Waals surface area contributed by atoms with E-state index in [0.717, 1.165) is 0 Å². The minimum Gasteiger partial charge on any atom is -0.493 e. The zero-order chi connectivity index (χ0) is 27.7. The fourth-order valence-electron chi connectivity index (χ4n) is 3.76. The molecule has 8 nitrogen and oxygen atoms in total. The van der Waals surface area contributed by atoms with Crippen molar-refractivity contribution in [2.24, 2.45) is 0 Å². The Bertz CT molecular complexity index is 1220. The average molecular weight is 519 g/mol. The van der Waals surface area contributed by atoms with Crippen LogP contribution in [-0.2, 0) is 0 Å². The average Bonchev–Trinajstić information content (AvgIpc) is 2.97. The van der Waals surface area contributed by atoms with E-state index in [2.05, 4.69) is 0 Å². The van der Waals surface area contributed by atoms with Crippen LogP contribution in [0.1, 0.15) is 31.8 Å². The molecule has 0 radical (unpaired) electrons. The molecule has 3 aromatic carbocycles. The molecule has 0 aliphatic carbocycles. The van der Waals surface area contributed by atoms with Gasteiger partial charge >= 0.3 is 0 Å². The molecule has 198 valence electrons. The maximum Gasteiger partial charge on any atom is 0.203 e. The van der Waals surface area contributed by atoms with E-state index in [1.165, 1.54) is 54.8 Å². The van der Waals surface area contributed by atoms with Gasteiger partial charge in [0.05, 0.1) is 42.7 Å². The van der Waals surface area contributed by atoms with E-state index >= 15 is 0 Å². The molecule has 8 heteroatoms. The minimum absolute atomic E-state index is 0.262. The summed E-state index contributed by atoms with van der Waals surface area (Å²) in [6.45, 7) is 0. The lowest BCUT2D eigenvalue weighted by atomic mass is 10.0. The number of ether oxygens (including phenoxy) is 6. The lowest BCUT2D eigenvalue weighted by Gasteiger charge is -2.12. The summed E-state index contributed by atoms with van der Waals surface area (Å²) in [4.78, 5) is 25.7. The van der Waals surface area contributed by atoms with Gasteiger partial charge in [-0.15, -0.1) is 0 Å². The van der Waals surface area contributed by atoms with Crippen LogP contribution in [0.3, 0.4) is 0 Å². The van der Waals surface area contributed by atoms with Gasteiger partial charge in [-0.3, -0.25) is 9.59 Å². The number of rotatable bonds is 12. The summed E-state index contributed by atoms with van der Waals surface area (Å²) >= 11 is 0. The molecule has 0 heterocycles. The van der Waals surface area contributed by atoms with Gasteiger partial charge in [-0.2, -0.15) is 0 Å². The topological polar surface area (TPSA) is 89.5 Å². The molecule has 0 aliphatic heterocycles. The number of hydrogen-bond acceptors (Lipinski definition) is 8. The summed E-state index contributed by atoms with van der Waals surface area (Å²) in [6.07, 6.45) is 6.14. The largest absolute Gasteiger partial charge is 0.493 e. The van der Waals surface area contributed by atoms with Crippen LogP contribution >= 0.6 is 0 Å². The molecule has 3 rings (SSSR count). The van der Waals surface area contributed by atoms with Crippen LogP contribution in [0.5, 0.6) is 34.5 Å². The Morgan fingerprint density at radius 2 is 0.868 bits per heavy atom. The molecule has 0 saturated heterocycles. The molecule has 0 spiro atoms. The third kappa shape index (κ3) is 6.34. The van der Waals surface area contributed by atoms with Gasteiger partial charge < -0.3 is 28.4 Å². The summed E-state index contributed by atoms with van der Waals surface area (Å²) in [5.74, 6) is 2.31. The highest BCUT2D eigenvalue weighted by Gasteiger charge is 2.14. The standard InChI is InChI=1S/C30H30O8/c1-33-25-14-19(15-26(34-2)29(25)37-5)10-12-23(31)21-8-7-9-22(18-21)24(32)13-11-20-16-27(35-3)30(38-6)28(17-20)36-4/h7-18H,1-6H3/b12-10+,13-11+. The third-order valence-corrected chi connectivity index (χ3v) is 5.66. The van der Waals surface area contributed by atoms with Crippen LogP contribution in [-0.4, -0.2) is 54.2 Å². The van der Waals surface area contributed by atoms with Crippen molar-refractivity contribution in [2.75, 3.05) is 42.7 Å². The van der Waals surface area contributed by atoms with Crippen LogP contribution < -0.4 is 28.4 Å². The predicted octanol–water partition coefficient (Wildman–Crippen LogP) is 5.53. The third-order valence-electron chi connectivity index (χ3n) is 5.66. The number of carbonyl (C=O) groups is 2. The molecule has 0 N–H and O–H groups in total. The summed E-state index contributed by atoms with van der Waals surface area (Å²) in [7, 11) is 9.13. The first-order valence-electron chi connectivity index (χ1n) is 11.5. The first kappa shape index (κ1) is 27.9. The molecule has 0 amide bonds. The van der Waals surface area contributed by atoms with Crippen LogP contribution in [0.15, 0.2) is 60.7 Å². The van der Waals surface area contributed by atoms with Crippen LogP contribution in [0.2, 0.25) is 0 Å². The van der Waals surface area contributed by atoms with E-state index < -0.39 is 0 Å². The van der Waals surface area contributed by atoms with Gasteiger partial charge in [-0.1, -0.05) is 30.4 Å². The van der Waals surface area contributed by atoms with Crippen molar-refractivity contribution >= 4 is 23.7 Å².